The molecule has 1 aliphatic rings. The van der Waals surface area contributed by atoms with E-state index in [2.05, 4.69) is 11.1 Å². The molecule has 0 spiro atoms. The topological polar surface area (TPSA) is 110 Å². The van der Waals surface area contributed by atoms with E-state index < -0.39 is 17.8 Å². The fourth-order valence-corrected chi connectivity index (χ4v) is 3.20. The van der Waals surface area contributed by atoms with Crippen LogP contribution in [0.1, 0.15) is 25.3 Å². The zero-order valence-corrected chi connectivity index (χ0v) is 14.1. The van der Waals surface area contributed by atoms with Crippen LogP contribution in [0.15, 0.2) is 40.5 Å². The van der Waals surface area contributed by atoms with Crippen molar-refractivity contribution in [2.45, 2.75) is 19.8 Å². The van der Waals surface area contributed by atoms with Crippen molar-refractivity contribution in [2.24, 2.45) is 16.8 Å². The van der Waals surface area contributed by atoms with Crippen molar-refractivity contribution in [3.8, 4) is 24.0 Å². The van der Waals surface area contributed by atoms with Gasteiger partial charge in [-0.15, -0.1) is 0 Å². The smallest absolute Gasteiger partial charge is 0.152 e. The molecule has 3 atom stereocenters. The third kappa shape index (κ3) is 3.27. The van der Waals surface area contributed by atoms with E-state index in [1.807, 2.05) is 0 Å². The van der Waals surface area contributed by atoms with Crippen LogP contribution in [0.3, 0.4) is 0 Å². The van der Waals surface area contributed by atoms with Crippen molar-refractivity contribution in [3.63, 3.8) is 0 Å². The molecule has 6 nitrogen and oxygen atoms in total. The molecule has 0 radical (unpaired) electrons. The molecule has 1 aromatic carbocycles. The summed E-state index contributed by atoms with van der Waals surface area (Å²) in [6.45, 7) is 3.14. The minimum atomic E-state index is -0.861. The minimum absolute atomic E-state index is 0.114. The van der Waals surface area contributed by atoms with Gasteiger partial charge >= 0.3 is 0 Å². The second-order valence-electron chi connectivity index (χ2n) is 5.73. The van der Waals surface area contributed by atoms with Crippen molar-refractivity contribution in [2.75, 3.05) is 7.11 Å². The second-order valence-corrected chi connectivity index (χ2v) is 5.73. The Morgan fingerprint density at radius 3 is 2.20 bits per heavy atom. The molecule has 0 fully saturated rings. The Morgan fingerprint density at radius 1 is 1.16 bits per heavy atom. The number of ether oxygens (including phenoxy) is 1. The van der Waals surface area contributed by atoms with Crippen molar-refractivity contribution in [3.05, 3.63) is 41.1 Å². The SMILES string of the molecule is COc1ccc([C@H]2[C@@H](C(C)=O)C(C)=NC(=C(C#N)C#N)[C@@H]2C#N)cc1. The third-order valence-corrected chi connectivity index (χ3v) is 4.32. The first-order chi connectivity index (χ1) is 12.0. The van der Waals surface area contributed by atoms with Gasteiger partial charge in [0.1, 0.15) is 23.7 Å². The van der Waals surface area contributed by atoms with Crippen molar-refractivity contribution < 1.29 is 9.53 Å². The van der Waals surface area contributed by atoms with Gasteiger partial charge in [0.2, 0.25) is 0 Å². The highest BCUT2D eigenvalue weighted by Crippen LogP contribution is 2.43. The van der Waals surface area contributed by atoms with Crippen molar-refractivity contribution in [1.82, 2.24) is 0 Å². The predicted octanol–water partition coefficient (Wildman–Crippen LogP) is 2.90. The monoisotopic (exact) mass is 332 g/mol. The minimum Gasteiger partial charge on any atom is -0.497 e. The molecule has 0 aliphatic carbocycles. The van der Waals surface area contributed by atoms with E-state index in [0.717, 1.165) is 5.56 Å². The summed E-state index contributed by atoms with van der Waals surface area (Å²) in [5.41, 5.74) is 1.18. The van der Waals surface area contributed by atoms with Crippen LogP contribution < -0.4 is 4.74 Å². The maximum Gasteiger partial charge on any atom is 0.152 e. The summed E-state index contributed by atoms with van der Waals surface area (Å²) >= 11 is 0. The quantitative estimate of drug-likeness (QED) is 0.790. The first kappa shape index (κ1) is 17.9. The molecule has 2 rings (SSSR count). The van der Waals surface area contributed by atoms with E-state index in [1.54, 1.807) is 50.4 Å². The van der Waals surface area contributed by atoms with Gasteiger partial charge in [0.25, 0.3) is 0 Å². The number of benzene rings is 1. The first-order valence-corrected chi connectivity index (χ1v) is 7.62. The van der Waals surface area contributed by atoms with Crippen LogP contribution in [0.5, 0.6) is 5.75 Å². The number of allylic oxidation sites excluding steroid dienone is 2. The molecular formula is C19H16N4O2. The van der Waals surface area contributed by atoms with Gasteiger partial charge in [-0.25, -0.2) is 0 Å². The van der Waals surface area contributed by atoms with Gasteiger partial charge in [-0.2, -0.15) is 15.8 Å². The van der Waals surface area contributed by atoms with Gasteiger partial charge < -0.3 is 4.74 Å². The van der Waals surface area contributed by atoms with E-state index in [0.29, 0.717) is 11.5 Å². The fraction of sp³-hybridized carbons (Fsp3) is 0.316. The molecule has 0 amide bonds. The number of aliphatic imine (C=N–C) groups is 1. The molecular weight excluding hydrogens is 316 g/mol. The lowest BCUT2D eigenvalue weighted by Gasteiger charge is -2.34. The van der Waals surface area contributed by atoms with Crippen LogP contribution >= 0.6 is 0 Å². The van der Waals surface area contributed by atoms with E-state index in [1.165, 1.54) is 6.92 Å². The third-order valence-electron chi connectivity index (χ3n) is 4.32. The van der Waals surface area contributed by atoms with Crippen LogP contribution in [0.4, 0.5) is 0 Å². The summed E-state index contributed by atoms with van der Waals surface area (Å²) in [7, 11) is 1.55. The normalized spacial score (nSPS) is 22.0. The first-order valence-electron chi connectivity index (χ1n) is 7.62. The summed E-state index contributed by atoms with van der Waals surface area (Å²) in [4.78, 5) is 16.5. The number of Topliss-reactive ketones (excluding diaryl/α,β-unsaturated/α-hetero) is 1. The molecule has 0 saturated carbocycles. The van der Waals surface area contributed by atoms with E-state index in [9.17, 15) is 20.6 Å². The highest BCUT2D eigenvalue weighted by molar-refractivity contribution is 6.05. The summed E-state index contributed by atoms with van der Waals surface area (Å²) in [5, 5.41) is 28.1. The van der Waals surface area contributed by atoms with Gasteiger partial charge in [0.15, 0.2) is 5.57 Å². The van der Waals surface area contributed by atoms with E-state index in [4.69, 9.17) is 4.74 Å². The summed E-state index contributed by atoms with van der Waals surface area (Å²) < 4.78 is 5.15. The molecule has 0 unspecified atom stereocenters. The lowest BCUT2D eigenvalue weighted by molar-refractivity contribution is -0.119. The maximum atomic E-state index is 12.2. The Bertz CT molecular complexity index is 860. The lowest BCUT2D eigenvalue weighted by atomic mass is 9.70. The number of carbonyl (C=O) groups is 1. The molecule has 124 valence electrons. The Balaban J connectivity index is 2.72. The van der Waals surface area contributed by atoms with Gasteiger partial charge in [0.05, 0.1) is 30.7 Å². The number of rotatable bonds is 3. The highest BCUT2D eigenvalue weighted by Gasteiger charge is 2.42. The largest absolute Gasteiger partial charge is 0.497 e. The highest BCUT2D eigenvalue weighted by atomic mass is 16.5. The average Bonchev–Trinajstić information content (AvgIpc) is 2.62. The number of carbonyl (C=O) groups excluding carboxylic acids is 1. The molecule has 0 bridgehead atoms. The number of hydrogen-bond donors (Lipinski definition) is 0. The zero-order valence-electron chi connectivity index (χ0n) is 14.1. The molecule has 1 heterocycles. The van der Waals surface area contributed by atoms with Crippen LogP contribution in [-0.4, -0.2) is 18.6 Å². The molecule has 25 heavy (non-hydrogen) atoms. The Labute approximate surface area is 146 Å². The Morgan fingerprint density at radius 2 is 1.76 bits per heavy atom. The summed E-state index contributed by atoms with van der Waals surface area (Å²) in [5.74, 6) is -1.42. The van der Waals surface area contributed by atoms with Crippen LogP contribution in [0, 0.1) is 45.8 Å². The maximum absolute atomic E-state index is 12.2. The van der Waals surface area contributed by atoms with Crippen molar-refractivity contribution >= 4 is 11.5 Å². The second kappa shape index (κ2) is 7.43. The van der Waals surface area contributed by atoms with Gasteiger partial charge in [-0.3, -0.25) is 9.79 Å². The van der Waals surface area contributed by atoms with Crippen LogP contribution in [0.25, 0.3) is 0 Å². The van der Waals surface area contributed by atoms with E-state index in [-0.39, 0.29) is 17.1 Å². The lowest BCUT2D eigenvalue weighted by Crippen LogP contribution is -2.36. The van der Waals surface area contributed by atoms with Gasteiger partial charge in [-0.05, 0) is 31.5 Å². The van der Waals surface area contributed by atoms with Crippen LogP contribution in [-0.2, 0) is 4.79 Å². The van der Waals surface area contributed by atoms with Gasteiger partial charge in [-0.1, -0.05) is 12.1 Å². The van der Waals surface area contributed by atoms with Crippen LogP contribution in [0.2, 0.25) is 0 Å². The van der Waals surface area contributed by atoms with Crippen molar-refractivity contribution in [1.29, 1.82) is 15.8 Å². The molecule has 1 aliphatic heterocycles. The molecule has 1 aromatic rings. The standard InChI is InChI=1S/C19H16N4O2/c1-11-17(12(2)24)18(13-4-6-15(25-3)7-5-13)16(10-22)19(23-11)14(8-20)9-21/h4-7,16-18H,1-3H3/t16-,17-,18-/m1/s1. The Hall–Kier alpha value is -3.43. The predicted molar refractivity (Wildman–Crippen MR) is 90.4 cm³/mol. The molecule has 0 aromatic heterocycles. The Kier molecular flexibility index (Phi) is 5.32. The number of nitriles is 3. The number of ketones is 1. The molecule has 6 heteroatoms. The van der Waals surface area contributed by atoms with E-state index >= 15 is 0 Å². The molecule has 0 N–H and O–H groups in total. The number of hydrogen-bond acceptors (Lipinski definition) is 6. The van der Waals surface area contributed by atoms with Gasteiger partial charge in [0, 0.05) is 11.6 Å². The number of nitrogens with zero attached hydrogens (tertiary/aromatic N) is 4. The average molecular weight is 332 g/mol. The molecule has 0 saturated heterocycles. The number of methoxy groups -OCH3 is 1. The fourth-order valence-electron chi connectivity index (χ4n) is 3.20. The summed E-state index contributed by atoms with van der Waals surface area (Å²) in [6.07, 6.45) is 0. The summed E-state index contributed by atoms with van der Waals surface area (Å²) in [6, 6.07) is 12.8. The zero-order chi connectivity index (χ0) is 18.6.